The van der Waals surface area contributed by atoms with Crippen molar-refractivity contribution in [3.8, 4) is 139 Å². The second-order valence-corrected chi connectivity index (χ2v) is 37.2. The van der Waals surface area contributed by atoms with Gasteiger partial charge in [-0.1, -0.05) is 437 Å². The number of aromatic nitrogens is 3. The van der Waals surface area contributed by atoms with Crippen LogP contribution >= 0.6 is 0 Å². The minimum atomic E-state index is 0.917. The maximum Gasteiger partial charge on any atom is 0.143 e. The minimum absolute atomic E-state index is 0.917. The third-order valence-corrected chi connectivity index (χ3v) is 28.9. The number of fused-ring (bicyclic) bond motifs is 18. The highest BCUT2D eigenvalue weighted by molar-refractivity contribution is 6.16. The van der Waals surface area contributed by atoms with E-state index in [2.05, 4.69) is 517 Å². The number of para-hydroxylation sites is 8. The molecule has 29 aromatic rings. The lowest BCUT2D eigenvalue weighted by atomic mass is 9.97. The van der Waals surface area contributed by atoms with E-state index < -0.39 is 0 Å². The molecule has 29 rings (SSSR count). The second kappa shape index (κ2) is 35.7. The lowest BCUT2D eigenvalue weighted by Gasteiger charge is -2.12. The van der Waals surface area contributed by atoms with Gasteiger partial charge in [-0.05, 0) is 209 Å². The number of nitrogens with zero attached hydrogens (tertiary/aromatic N) is 3. The lowest BCUT2D eigenvalue weighted by molar-refractivity contribution is 0.669. The molecule has 0 radical (unpaired) electrons. The minimum Gasteiger partial charge on any atom is -0.455 e. The molecule has 0 fully saturated rings. The second-order valence-electron chi connectivity index (χ2n) is 37.2. The molecule has 6 heteroatoms. The summed E-state index contributed by atoms with van der Waals surface area (Å²) >= 11 is 0. The van der Waals surface area contributed by atoms with E-state index in [1.807, 2.05) is 36.4 Å². The van der Waals surface area contributed by atoms with Gasteiger partial charge in [0.2, 0.25) is 0 Å². The first-order valence-corrected chi connectivity index (χ1v) is 49.2. The zero-order valence-electron chi connectivity index (χ0n) is 78.5. The summed E-state index contributed by atoms with van der Waals surface area (Å²) < 4.78 is 26.2. The number of hydrogen-bond donors (Lipinski definition) is 0. The molecule has 6 aromatic heterocycles. The Morgan fingerprint density at radius 3 is 0.688 bits per heavy atom. The number of furan rings is 3. The molecule has 0 aliphatic rings. The van der Waals surface area contributed by atoms with Crippen LogP contribution in [0.2, 0.25) is 0 Å². The molecule has 0 spiro atoms. The summed E-state index contributed by atoms with van der Waals surface area (Å²) in [6.45, 7) is 0. The fraction of sp³-hybridized carbons (Fsp3) is 0. The summed E-state index contributed by atoms with van der Waals surface area (Å²) in [6.07, 6.45) is 0. The molecular weight excluding hydrogens is 1750 g/mol. The zero-order valence-corrected chi connectivity index (χ0v) is 78.5. The molecule has 6 nitrogen and oxygen atoms in total. The highest BCUT2D eigenvalue weighted by Gasteiger charge is 2.23. The van der Waals surface area contributed by atoms with Gasteiger partial charge in [0.15, 0.2) is 0 Å². The molecule has 0 saturated heterocycles. The molecule has 0 bridgehead atoms. The third kappa shape index (κ3) is 15.1. The van der Waals surface area contributed by atoms with Gasteiger partial charge in [0, 0.05) is 98.4 Å². The van der Waals surface area contributed by atoms with E-state index in [9.17, 15) is 0 Å². The van der Waals surface area contributed by atoms with Gasteiger partial charge in [0.05, 0.1) is 33.1 Å². The molecule has 0 N–H and O–H groups in total. The monoisotopic (exact) mass is 1840 g/mol. The Balaban J connectivity index is 0.000000108. The predicted molar refractivity (Wildman–Crippen MR) is 604 cm³/mol. The average molecular weight is 1840 g/mol. The van der Waals surface area contributed by atoms with Crippen molar-refractivity contribution in [3.63, 3.8) is 0 Å². The van der Waals surface area contributed by atoms with E-state index >= 15 is 0 Å². The number of benzene rings is 23. The smallest absolute Gasteiger partial charge is 0.143 e. The Kier molecular flexibility index (Phi) is 20.9. The van der Waals surface area contributed by atoms with Crippen molar-refractivity contribution < 1.29 is 13.3 Å². The Morgan fingerprint density at radius 2 is 0.333 bits per heavy atom. The maximum absolute atomic E-state index is 6.35. The largest absolute Gasteiger partial charge is 0.455 e. The fourth-order valence-corrected chi connectivity index (χ4v) is 21.8. The van der Waals surface area contributed by atoms with Gasteiger partial charge < -0.3 is 27.0 Å². The van der Waals surface area contributed by atoms with E-state index in [0.717, 1.165) is 111 Å². The molecule has 0 aliphatic carbocycles. The topological polar surface area (TPSA) is 54.2 Å². The van der Waals surface area contributed by atoms with Crippen LogP contribution < -0.4 is 0 Å². The maximum atomic E-state index is 6.35. The van der Waals surface area contributed by atoms with Crippen LogP contribution in [0.3, 0.4) is 0 Å². The van der Waals surface area contributed by atoms with E-state index in [1.165, 1.54) is 160 Å². The first-order valence-electron chi connectivity index (χ1n) is 49.2. The first-order chi connectivity index (χ1) is 71.4. The highest BCUT2D eigenvalue weighted by atomic mass is 16.3. The third-order valence-electron chi connectivity index (χ3n) is 28.9. The molecule has 0 atom stereocenters. The lowest BCUT2D eigenvalue weighted by Crippen LogP contribution is -1.95. The van der Waals surface area contributed by atoms with Crippen LogP contribution in [0, 0.1) is 0 Å². The Hall–Kier alpha value is -19.1. The summed E-state index contributed by atoms with van der Waals surface area (Å²) in [5.74, 6) is 0. The van der Waals surface area contributed by atoms with E-state index in [1.54, 1.807) is 0 Å². The molecule has 6 heterocycles. The standard InChI is InChI=1S/2C48H31NO.C42H27NO/c1-3-11-32(12-4-1)37-25-27-41-42-28-26-38(33-13-5-2-6-14-33)31-46(42)49(45(41)30-37)39-16-9-15-36(29-39)34-21-23-35(24-22-34)40-18-10-19-44-43-17-7-8-20-47(43)50-48(40)44;1-3-11-32(12-4-1)37-25-27-45-43(30-37)44-31-38(33-13-5-2-6-14-33)26-28-46(44)49(45)39-16-9-15-36(29-39)34-21-23-35(24-22-34)40-18-10-19-42-41-17-7-8-20-47(41)50-48(40)42;1-4-13-39-35(8-1)36-9-2-5-14-40(36)43(39)33-26-24-31(25-27-33)29-18-16-28(17-19-29)30-20-22-32(23-21-30)34-11-7-12-38-37-10-3-6-15-41(37)44-42(34)38/h2*1-31H;1-27H. The summed E-state index contributed by atoms with van der Waals surface area (Å²) in [6, 6.07) is 193. The average Bonchev–Trinajstić information content (AvgIpc) is 1.57. The summed E-state index contributed by atoms with van der Waals surface area (Å²) in [5.41, 5.74) is 42.2. The summed E-state index contributed by atoms with van der Waals surface area (Å²) in [7, 11) is 0. The van der Waals surface area contributed by atoms with Crippen LogP contribution in [0.1, 0.15) is 0 Å². The Morgan fingerprint density at radius 1 is 0.111 bits per heavy atom. The van der Waals surface area contributed by atoms with Gasteiger partial charge in [-0.25, -0.2) is 0 Å². The quantitative estimate of drug-likeness (QED) is 0.109. The predicted octanol–water partition coefficient (Wildman–Crippen LogP) is 38.4. The van der Waals surface area contributed by atoms with Crippen LogP contribution in [0.25, 0.3) is 271 Å². The molecule has 144 heavy (non-hydrogen) atoms. The SMILES string of the molecule is c1ccc(-c2ccc3c(c2)c2cc(-c4ccccc4)ccc2n3-c2cccc(-c3ccc(-c4cccc5c4oc4ccccc45)cc3)c2)cc1.c1ccc(-c2ccc3c4ccc(-c5ccccc5)cc4n(-c4cccc(-c5ccc(-c6cccc7c6oc6ccccc67)cc5)c4)c3c2)cc1.c1ccc2c(c1)oc1c(-c3ccc(-c4ccc(-c5ccc(-n6c7ccccc7c7ccccc76)cc5)cc4)cc3)cccc12. The molecule has 0 saturated carbocycles. The highest BCUT2D eigenvalue weighted by Crippen LogP contribution is 2.46. The molecule has 0 aliphatic heterocycles. The van der Waals surface area contributed by atoms with Gasteiger partial charge in [0.25, 0.3) is 0 Å². The van der Waals surface area contributed by atoms with E-state index in [4.69, 9.17) is 13.3 Å². The van der Waals surface area contributed by atoms with Crippen molar-refractivity contribution in [2.24, 2.45) is 0 Å². The molecular formula is C138H89N3O3. The van der Waals surface area contributed by atoms with Crippen LogP contribution in [-0.2, 0) is 0 Å². The van der Waals surface area contributed by atoms with Crippen LogP contribution in [0.5, 0.6) is 0 Å². The zero-order chi connectivity index (χ0) is 95.1. The fourth-order valence-electron chi connectivity index (χ4n) is 21.8. The van der Waals surface area contributed by atoms with Gasteiger partial charge in [-0.15, -0.1) is 0 Å². The van der Waals surface area contributed by atoms with Crippen molar-refractivity contribution in [2.75, 3.05) is 0 Å². The van der Waals surface area contributed by atoms with Crippen molar-refractivity contribution in [3.05, 3.63) is 540 Å². The molecule has 674 valence electrons. The van der Waals surface area contributed by atoms with Crippen molar-refractivity contribution >= 4 is 131 Å². The van der Waals surface area contributed by atoms with Gasteiger partial charge in [-0.2, -0.15) is 0 Å². The van der Waals surface area contributed by atoms with Gasteiger partial charge in [-0.3, -0.25) is 0 Å². The number of hydrogen-bond acceptors (Lipinski definition) is 3. The van der Waals surface area contributed by atoms with Crippen molar-refractivity contribution in [2.45, 2.75) is 0 Å². The van der Waals surface area contributed by atoms with Crippen molar-refractivity contribution in [1.29, 1.82) is 0 Å². The van der Waals surface area contributed by atoms with Crippen LogP contribution in [0.4, 0.5) is 0 Å². The molecule has 0 unspecified atom stereocenters. The molecule has 23 aromatic carbocycles. The Labute approximate surface area is 831 Å². The van der Waals surface area contributed by atoms with Crippen LogP contribution in [0.15, 0.2) is 553 Å². The summed E-state index contributed by atoms with van der Waals surface area (Å²) in [4.78, 5) is 0. The normalized spacial score (nSPS) is 11.6. The van der Waals surface area contributed by atoms with E-state index in [-0.39, 0.29) is 0 Å². The van der Waals surface area contributed by atoms with Gasteiger partial charge in [0.1, 0.15) is 33.5 Å². The van der Waals surface area contributed by atoms with Crippen molar-refractivity contribution in [1.82, 2.24) is 13.7 Å². The molecule has 0 amide bonds. The van der Waals surface area contributed by atoms with E-state index in [0.29, 0.717) is 0 Å². The van der Waals surface area contributed by atoms with Crippen LogP contribution in [-0.4, -0.2) is 13.7 Å². The number of rotatable bonds is 14. The summed E-state index contributed by atoms with van der Waals surface area (Å²) in [5, 5.41) is 14.4. The Bertz CT molecular complexity index is 9710. The van der Waals surface area contributed by atoms with Gasteiger partial charge >= 0.3 is 0 Å². The first kappa shape index (κ1) is 84.2.